The molecular weight excluding hydrogens is 424 g/mol. The maximum atomic E-state index is 11.1. The molecule has 6 nitrogen and oxygen atoms in total. The van der Waals surface area contributed by atoms with E-state index in [9.17, 15) is 4.79 Å². The summed E-state index contributed by atoms with van der Waals surface area (Å²) in [5.74, 6) is 0.922. The van der Waals surface area contributed by atoms with Crippen LogP contribution in [0.4, 0.5) is 0 Å². The Balaban J connectivity index is 0.00000141. The number of aliphatic imine (C=N–C) groups is 1. The van der Waals surface area contributed by atoms with Crippen molar-refractivity contribution in [3.05, 3.63) is 70.8 Å². The van der Waals surface area contributed by atoms with Gasteiger partial charge in [-0.25, -0.2) is 0 Å². The van der Waals surface area contributed by atoms with Gasteiger partial charge in [0.25, 0.3) is 0 Å². The molecule has 0 unspecified atom stereocenters. The summed E-state index contributed by atoms with van der Waals surface area (Å²) in [6.45, 7) is 8.02. The first kappa shape index (κ1) is 25.6. The molecule has 1 aromatic carbocycles. The molecule has 162 valence electrons. The monoisotopic (exact) mass is 450 g/mol. The number of carbonyl (C=O) groups excluding carboxylic acids is 1. The first-order valence-electron chi connectivity index (χ1n) is 8.92. The van der Waals surface area contributed by atoms with Gasteiger partial charge >= 0.3 is 0 Å². The van der Waals surface area contributed by atoms with Gasteiger partial charge in [0.05, 0.1) is 29.8 Å². The summed E-state index contributed by atoms with van der Waals surface area (Å²) < 4.78 is 18.1. The average Bonchev–Trinajstić information content (AvgIpc) is 2.76. The number of hydrogen-bond donors (Lipinski definition) is 1. The van der Waals surface area contributed by atoms with E-state index in [-0.39, 0.29) is 0 Å². The fraction of sp³-hybridized carbons (Fsp3) is 0.273. The Hall–Kier alpha value is -2.48. The van der Waals surface area contributed by atoms with Gasteiger partial charge in [-0.15, -0.1) is 0 Å². The average molecular weight is 451 g/mol. The van der Waals surface area contributed by atoms with E-state index in [1.165, 1.54) is 19.1 Å². The number of allylic oxidation sites excluding steroid dienone is 3. The SMILES string of the molecule is C=C(/C=C(/NSc1cc(C=O)cc(Cl)c1OC)C(=C)OC)C1=CN=CCC1.COC. The standard InChI is InChI=1S/C20H21ClN2O3S.C2H6O/c1-13(16-6-5-7-22-11-16)8-18(14(2)25-3)23-27-19-10-15(12-24)9-17(21)20(19)26-4;1-3-2/h7-12,23H,1-2,5-6H2,3-4H3;1-2H3/b18-8+;. The maximum Gasteiger partial charge on any atom is 0.152 e. The van der Waals surface area contributed by atoms with Crippen molar-refractivity contribution in [2.45, 2.75) is 17.7 Å². The van der Waals surface area contributed by atoms with Crippen LogP contribution in [0.15, 0.2) is 70.1 Å². The fourth-order valence-electron chi connectivity index (χ4n) is 2.33. The Bertz CT molecular complexity index is 863. The van der Waals surface area contributed by atoms with Crippen LogP contribution in [0.3, 0.4) is 0 Å². The number of rotatable bonds is 9. The number of ether oxygens (including phenoxy) is 3. The molecule has 0 aromatic heterocycles. The minimum absolute atomic E-state index is 0.358. The summed E-state index contributed by atoms with van der Waals surface area (Å²) >= 11 is 7.43. The second-order valence-corrected chi connectivity index (χ2v) is 7.25. The van der Waals surface area contributed by atoms with Crippen LogP contribution in [0, 0.1) is 0 Å². The number of benzene rings is 1. The lowest BCUT2D eigenvalue weighted by atomic mass is 10.0. The molecule has 0 saturated carbocycles. The third-order valence-electron chi connectivity index (χ3n) is 3.80. The Labute approximate surface area is 187 Å². The van der Waals surface area contributed by atoms with Gasteiger partial charge in [0, 0.05) is 32.2 Å². The molecule has 1 heterocycles. The van der Waals surface area contributed by atoms with Crippen LogP contribution < -0.4 is 9.46 Å². The van der Waals surface area contributed by atoms with Gasteiger partial charge < -0.3 is 18.9 Å². The topological polar surface area (TPSA) is 69.2 Å². The number of aldehydes is 1. The smallest absolute Gasteiger partial charge is 0.152 e. The molecule has 0 radical (unpaired) electrons. The van der Waals surface area contributed by atoms with Crippen LogP contribution >= 0.6 is 23.5 Å². The third kappa shape index (κ3) is 7.74. The van der Waals surface area contributed by atoms with Crippen molar-refractivity contribution in [3.63, 3.8) is 0 Å². The molecular formula is C22H27ClN2O4S. The van der Waals surface area contributed by atoms with Crippen LogP contribution in [-0.2, 0) is 9.47 Å². The molecule has 30 heavy (non-hydrogen) atoms. The number of carbonyl (C=O) groups is 1. The van der Waals surface area contributed by atoms with E-state index >= 15 is 0 Å². The summed E-state index contributed by atoms with van der Waals surface area (Å²) in [6.07, 6.45) is 8.03. The normalized spacial score (nSPS) is 12.8. The lowest BCUT2D eigenvalue weighted by Gasteiger charge is -2.16. The van der Waals surface area contributed by atoms with Crippen molar-refractivity contribution in [1.82, 2.24) is 4.72 Å². The highest BCUT2D eigenvalue weighted by Crippen LogP contribution is 2.36. The van der Waals surface area contributed by atoms with Gasteiger partial charge in [0.1, 0.15) is 12.0 Å². The molecule has 2 rings (SSSR count). The van der Waals surface area contributed by atoms with E-state index in [0.29, 0.717) is 32.7 Å². The van der Waals surface area contributed by atoms with Crippen molar-refractivity contribution in [2.75, 3.05) is 28.4 Å². The predicted octanol–water partition coefficient (Wildman–Crippen LogP) is 5.37. The van der Waals surface area contributed by atoms with E-state index < -0.39 is 0 Å². The van der Waals surface area contributed by atoms with Crippen molar-refractivity contribution < 1.29 is 19.0 Å². The van der Waals surface area contributed by atoms with Crippen LogP contribution in [0.5, 0.6) is 5.75 Å². The van der Waals surface area contributed by atoms with Crippen LogP contribution in [-0.4, -0.2) is 40.9 Å². The molecule has 1 aliphatic heterocycles. The lowest BCUT2D eigenvalue weighted by Crippen LogP contribution is -2.09. The maximum absolute atomic E-state index is 11.1. The zero-order valence-corrected chi connectivity index (χ0v) is 19.2. The second-order valence-electron chi connectivity index (χ2n) is 6.00. The molecule has 0 fully saturated rings. The minimum atomic E-state index is 0.358. The second kappa shape index (κ2) is 13.7. The van der Waals surface area contributed by atoms with Crippen molar-refractivity contribution in [2.24, 2.45) is 4.99 Å². The molecule has 1 aliphatic rings. The molecule has 1 aromatic rings. The molecule has 0 bridgehead atoms. The van der Waals surface area contributed by atoms with E-state index in [2.05, 4.69) is 27.6 Å². The van der Waals surface area contributed by atoms with E-state index in [0.717, 1.165) is 30.3 Å². The van der Waals surface area contributed by atoms with E-state index in [1.807, 2.05) is 12.3 Å². The first-order chi connectivity index (χ1) is 14.4. The zero-order valence-electron chi connectivity index (χ0n) is 17.7. The molecule has 8 heteroatoms. The van der Waals surface area contributed by atoms with Crippen molar-refractivity contribution >= 4 is 36.0 Å². The summed E-state index contributed by atoms with van der Waals surface area (Å²) in [6, 6.07) is 3.25. The van der Waals surface area contributed by atoms with Gasteiger partial charge in [0.15, 0.2) is 5.75 Å². The number of methoxy groups -OCH3 is 3. The molecule has 1 N–H and O–H groups in total. The van der Waals surface area contributed by atoms with Gasteiger partial charge in [0.2, 0.25) is 0 Å². The highest BCUT2D eigenvalue weighted by atomic mass is 35.5. The van der Waals surface area contributed by atoms with Gasteiger partial charge in [-0.2, -0.15) is 0 Å². The summed E-state index contributed by atoms with van der Waals surface area (Å²) in [5, 5.41) is 0.358. The highest BCUT2D eigenvalue weighted by Gasteiger charge is 2.14. The largest absolute Gasteiger partial charge is 0.495 e. The molecule has 0 amide bonds. The third-order valence-corrected chi connectivity index (χ3v) is 4.93. The van der Waals surface area contributed by atoms with E-state index in [4.69, 9.17) is 21.1 Å². The lowest BCUT2D eigenvalue weighted by molar-refractivity contribution is 0.112. The molecule has 0 aliphatic carbocycles. The summed E-state index contributed by atoms with van der Waals surface area (Å²) in [7, 11) is 6.31. The quantitative estimate of drug-likeness (QED) is 0.236. The van der Waals surface area contributed by atoms with Gasteiger partial charge in [-0.05, 0) is 54.1 Å². The Morgan fingerprint density at radius 1 is 1.27 bits per heavy atom. The predicted molar refractivity (Wildman–Crippen MR) is 124 cm³/mol. The van der Waals surface area contributed by atoms with Crippen LogP contribution in [0.25, 0.3) is 0 Å². The van der Waals surface area contributed by atoms with Crippen LogP contribution in [0.2, 0.25) is 5.02 Å². The van der Waals surface area contributed by atoms with Gasteiger partial charge in [-0.1, -0.05) is 24.8 Å². The first-order valence-corrected chi connectivity index (χ1v) is 10.1. The number of nitrogens with one attached hydrogen (secondary N) is 1. The zero-order chi connectivity index (χ0) is 22.5. The fourth-order valence-corrected chi connectivity index (χ4v) is 3.56. The Morgan fingerprint density at radius 3 is 2.50 bits per heavy atom. The highest BCUT2D eigenvalue weighted by molar-refractivity contribution is 7.97. The number of halogens is 1. The van der Waals surface area contributed by atoms with Crippen molar-refractivity contribution in [1.29, 1.82) is 0 Å². The Morgan fingerprint density at radius 2 is 1.97 bits per heavy atom. The molecule has 0 saturated heterocycles. The van der Waals surface area contributed by atoms with Gasteiger partial charge in [-0.3, -0.25) is 9.79 Å². The van der Waals surface area contributed by atoms with Crippen LogP contribution in [0.1, 0.15) is 23.2 Å². The van der Waals surface area contributed by atoms with Crippen molar-refractivity contribution in [3.8, 4) is 5.75 Å². The summed E-state index contributed by atoms with van der Waals surface area (Å²) in [4.78, 5) is 16.0. The summed E-state index contributed by atoms with van der Waals surface area (Å²) in [5.41, 5.74) is 2.96. The number of hydrogen-bond acceptors (Lipinski definition) is 7. The van der Waals surface area contributed by atoms with E-state index in [1.54, 1.807) is 39.7 Å². The minimum Gasteiger partial charge on any atom is -0.495 e. The molecule has 0 atom stereocenters. The molecule has 0 spiro atoms. The Kier molecular flexibility index (Phi) is 11.7. The number of nitrogens with zero attached hydrogens (tertiary/aromatic N) is 1.